The van der Waals surface area contributed by atoms with Crippen LogP contribution in [0.3, 0.4) is 0 Å². The highest BCUT2D eigenvalue weighted by Crippen LogP contribution is 2.26. The molecule has 0 spiro atoms. The number of pyridine rings is 1. The molecule has 0 radical (unpaired) electrons. The van der Waals surface area contributed by atoms with E-state index in [-0.39, 0.29) is 34.6 Å². The molecule has 1 heterocycles. The van der Waals surface area contributed by atoms with E-state index in [9.17, 15) is 22.8 Å². The van der Waals surface area contributed by atoms with Crippen molar-refractivity contribution in [1.29, 1.82) is 0 Å². The number of amides is 2. The quantitative estimate of drug-likeness (QED) is 0.331. The Hall–Kier alpha value is -3.71. The second-order valence-electron chi connectivity index (χ2n) is 9.48. The lowest BCUT2D eigenvalue weighted by Gasteiger charge is -2.20. The summed E-state index contributed by atoms with van der Waals surface area (Å²) in [5, 5.41) is 2.94. The number of rotatable bonds is 11. The highest BCUT2D eigenvalue weighted by molar-refractivity contribution is 7.90. The van der Waals surface area contributed by atoms with Gasteiger partial charge in [0.05, 0.1) is 16.4 Å². The Bertz CT molecular complexity index is 1260. The molecule has 0 saturated heterocycles. The molecule has 10 heteroatoms. The molecule has 1 aliphatic carbocycles. The third-order valence-electron chi connectivity index (χ3n) is 6.38. The van der Waals surface area contributed by atoms with E-state index in [0.29, 0.717) is 25.3 Å². The third-order valence-corrected chi connectivity index (χ3v) is 7.73. The number of carbonyl (C=O) groups is 3. The van der Waals surface area contributed by atoms with E-state index in [1.807, 2.05) is 4.72 Å². The Morgan fingerprint density at radius 2 is 1.82 bits per heavy atom. The van der Waals surface area contributed by atoms with Crippen LogP contribution in [0.1, 0.15) is 71.9 Å². The Balaban J connectivity index is 1.48. The van der Waals surface area contributed by atoms with Crippen molar-refractivity contribution < 1.29 is 27.5 Å². The summed E-state index contributed by atoms with van der Waals surface area (Å²) < 4.78 is 32.4. The van der Waals surface area contributed by atoms with Crippen LogP contribution < -0.4 is 10.0 Å². The number of sulfonamides is 1. The highest BCUT2D eigenvalue weighted by atomic mass is 32.2. The van der Waals surface area contributed by atoms with Gasteiger partial charge >= 0.3 is 5.97 Å². The van der Waals surface area contributed by atoms with E-state index in [0.717, 1.165) is 24.6 Å². The number of hydrogen-bond acceptors (Lipinski definition) is 7. The summed E-state index contributed by atoms with van der Waals surface area (Å²) in [5.74, 6) is 1.13. The van der Waals surface area contributed by atoms with Crippen LogP contribution in [0.2, 0.25) is 0 Å². The first-order valence-corrected chi connectivity index (χ1v) is 14.2. The molecule has 2 amide bonds. The number of ether oxygens (including phenoxy) is 1. The first-order valence-electron chi connectivity index (χ1n) is 12.7. The fourth-order valence-corrected chi connectivity index (χ4v) is 5.09. The molecule has 0 aliphatic heterocycles. The van der Waals surface area contributed by atoms with Crippen molar-refractivity contribution in [2.45, 2.75) is 56.8 Å². The van der Waals surface area contributed by atoms with Crippen molar-refractivity contribution in [3.8, 4) is 12.3 Å². The number of aromatic nitrogens is 1. The summed E-state index contributed by atoms with van der Waals surface area (Å²) in [7, 11) is -4.13. The number of nitrogens with one attached hydrogen (secondary N) is 2. The van der Waals surface area contributed by atoms with Crippen molar-refractivity contribution in [1.82, 2.24) is 15.0 Å². The van der Waals surface area contributed by atoms with Gasteiger partial charge in [0, 0.05) is 19.2 Å². The van der Waals surface area contributed by atoms with Crippen molar-refractivity contribution in [3.05, 3.63) is 59.4 Å². The Labute approximate surface area is 223 Å². The molecule has 1 unspecified atom stereocenters. The minimum absolute atomic E-state index is 0.0330. The molecular weight excluding hydrogens is 506 g/mol. The van der Waals surface area contributed by atoms with E-state index in [4.69, 9.17) is 11.2 Å². The van der Waals surface area contributed by atoms with Crippen LogP contribution in [0.15, 0.2) is 47.5 Å². The fourth-order valence-electron chi connectivity index (χ4n) is 4.12. The third kappa shape index (κ3) is 8.70. The molecule has 1 aromatic heterocycles. The zero-order valence-corrected chi connectivity index (χ0v) is 22.3. The largest absolute Gasteiger partial charge is 0.460 e. The van der Waals surface area contributed by atoms with Crippen LogP contribution in [0.4, 0.5) is 0 Å². The van der Waals surface area contributed by atoms with Gasteiger partial charge in [-0.3, -0.25) is 9.59 Å². The van der Waals surface area contributed by atoms with Gasteiger partial charge in [-0.2, -0.15) is 0 Å². The van der Waals surface area contributed by atoms with Crippen molar-refractivity contribution in [2.75, 3.05) is 13.2 Å². The molecule has 0 bridgehead atoms. The normalized spacial score (nSPS) is 14.6. The molecule has 3 rings (SSSR count). The van der Waals surface area contributed by atoms with Crippen LogP contribution in [0.25, 0.3) is 0 Å². The molecule has 202 valence electrons. The van der Waals surface area contributed by atoms with Gasteiger partial charge in [-0.15, -0.1) is 12.3 Å². The predicted molar refractivity (Wildman–Crippen MR) is 142 cm³/mol. The molecule has 1 fully saturated rings. The minimum atomic E-state index is -4.13. The van der Waals surface area contributed by atoms with Crippen molar-refractivity contribution in [2.24, 2.45) is 11.8 Å². The maximum Gasteiger partial charge on any atom is 0.356 e. The molecular formula is C28H33N3O6S. The van der Waals surface area contributed by atoms with Crippen LogP contribution in [0.5, 0.6) is 0 Å². The van der Waals surface area contributed by atoms with E-state index in [1.165, 1.54) is 43.5 Å². The monoisotopic (exact) mass is 539 g/mol. The van der Waals surface area contributed by atoms with Crippen molar-refractivity contribution in [3.63, 3.8) is 0 Å². The standard InChI is InChI=1S/C28H33N3O6S/c1-3-20(2)19-37-28(34)25-14-11-23(18-30-25)27(33)31-38(35,36)24-12-9-21(10-13-24)15-16-29-26(32)17-22-7-5-4-6-8-22/h1,9-14,18,20,22H,4-8,15-17,19H2,2H3,(H,29,32)(H,31,33). The number of hydrogen-bond donors (Lipinski definition) is 2. The molecule has 1 atom stereocenters. The van der Waals surface area contributed by atoms with E-state index in [2.05, 4.69) is 16.2 Å². The SMILES string of the molecule is C#CC(C)COC(=O)c1ccc(C(=O)NS(=O)(=O)c2ccc(CCNC(=O)CC3CCCCC3)cc2)cn1. The van der Waals surface area contributed by atoms with Gasteiger partial charge in [0.25, 0.3) is 15.9 Å². The molecule has 2 aromatic rings. The minimum Gasteiger partial charge on any atom is -0.460 e. The zero-order chi connectivity index (χ0) is 27.5. The topological polar surface area (TPSA) is 132 Å². The number of carbonyl (C=O) groups excluding carboxylic acids is 3. The Morgan fingerprint density at radius 1 is 1.11 bits per heavy atom. The molecule has 1 saturated carbocycles. The molecule has 2 N–H and O–H groups in total. The van der Waals surface area contributed by atoms with Gasteiger partial charge in [0.15, 0.2) is 0 Å². The van der Waals surface area contributed by atoms with Crippen LogP contribution in [0, 0.1) is 24.2 Å². The highest BCUT2D eigenvalue weighted by Gasteiger charge is 2.20. The summed E-state index contributed by atoms with van der Waals surface area (Å²) in [4.78, 5) is 40.4. The lowest BCUT2D eigenvalue weighted by atomic mass is 9.87. The van der Waals surface area contributed by atoms with Crippen LogP contribution in [-0.4, -0.2) is 44.3 Å². The van der Waals surface area contributed by atoms with Gasteiger partial charge < -0.3 is 10.1 Å². The molecule has 38 heavy (non-hydrogen) atoms. The van der Waals surface area contributed by atoms with E-state index < -0.39 is 21.9 Å². The first kappa shape index (κ1) is 28.9. The van der Waals surface area contributed by atoms with E-state index >= 15 is 0 Å². The average Bonchev–Trinajstić information content (AvgIpc) is 2.92. The number of terminal acetylenes is 1. The maximum absolute atomic E-state index is 12.7. The zero-order valence-electron chi connectivity index (χ0n) is 21.4. The average molecular weight is 540 g/mol. The Kier molecular flexibility index (Phi) is 10.4. The summed E-state index contributed by atoms with van der Waals surface area (Å²) >= 11 is 0. The van der Waals surface area contributed by atoms with Crippen molar-refractivity contribution >= 4 is 27.8 Å². The lowest BCUT2D eigenvalue weighted by molar-refractivity contribution is -0.122. The first-order chi connectivity index (χ1) is 18.2. The van der Waals surface area contributed by atoms with Gasteiger partial charge in [-0.1, -0.05) is 31.4 Å². The molecule has 1 aromatic carbocycles. The lowest BCUT2D eigenvalue weighted by Crippen LogP contribution is -2.30. The van der Waals surface area contributed by atoms with Gasteiger partial charge in [-0.05, 0) is 61.9 Å². The number of benzene rings is 1. The fraction of sp³-hybridized carbons (Fsp3) is 0.429. The smallest absolute Gasteiger partial charge is 0.356 e. The second-order valence-corrected chi connectivity index (χ2v) is 11.2. The predicted octanol–water partition coefficient (Wildman–Crippen LogP) is 3.26. The number of esters is 1. The van der Waals surface area contributed by atoms with Gasteiger partial charge in [0.2, 0.25) is 5.91 Å². The summed E-state index contributed by atoms with van der Waals surface area (Å²) in [5.41, 5.74) is 0.786. The molecule has 1 aliphatic rings. The number of nitrogens with zero attached hydrogens (tertiary/aromatic N) is 1. The Morgan fingerprint density at radius 3 is 2.45 bits per heavy atom. The maximum atomic E-state index is 12.7. The van der Waals surface area contributed by atoms with Crippen LogP contribution >= 0.6 is 0 Å². The van der Waals surface area contributed by atoms with Gasteiger partial charge in [0.1, 0.15) is 12.3 Å². The molecule has 9 nitrogen and oxygen atoms in total. The van der Waals surface area contributed by atoms with Crippen LogP contribution in [-0.2, 0) is 26.0 Å². The summed E-state index contributed by atoms with van der Waals surface area (Å²) in [6, 6.07) is 8.66. The summed E-state index contributed by atoms with van der Waals surface area (Å²) in [6.07, 6.45) is 13.3. The van der Waals surface area contributed by atoms with Gasteiger partial charge in [-0.25, -0.2) is 22.9 Å². The van der Waals surface area contributed by atoms with E-state index in [1.54, 1.807) is 19.1 Å². The summed E-state index contributed by atoms with van der Waals surface area (Å²) in [6.45, 7) is 2.22. The second kappa shape index (κ2) is 13.7.